The molecule has 3 nitrogen and oxygen atoms in total. The average Bonchev–Trinajstić information content (AvgIpc) is 3.17. The lowest BCUT2D eigenvalue weighted by Crippen LogP contribution is -2.46. The molecule has 1 saturated carbocycles. The second-order valence-electron chi connectivity index (χ2n) is 5.84. The van der Waals surface area contributed by atoms with Crippen LogP contribution < -0.4 is 5.73 Å². The Morgan fingerprint density at radius 1 is 1.25 bits per heavy atom. The number of hydrogen-bond donors (Lipinski definition) is 1. The van der Waals surface area contributed by atoms with Crippen molar-refractivity contribution in [3.05, 3.63) is 33.8 Å². The highest BCUT2D eigenvalue weighted by Crippen LogP contribution is 2.49. The first kappa shape index (κ1) is 14.2. The average molecular weight is 313 g/mol. The molecule has 1 aliphatic heterocycles. The number of carbonyl (C=O) groups excluding carboxylic acids is 1. The Morgan fingerprint density at radius 2 is 1.95 bits per heavy atom. The molecule has 2 aliphatic rings. The molecular formula is C15H18Cl2N2O. The zero-order valence-electron chi connectivity index (χ0n) is 11.2. The first-order valence-corrected chi connectivity index (χ1v) is 7.80. The van der Waals surface area contributed by atoms with E-state index in [0.717, 1.165) is 31.4 Å². The Labute approximate surface area is 129 Å². The number of nitrogens with two attached hydrogens (primary N) is 1. The van der Waals surface area contributed by atoms with Gasteiger partial charge in [0, 0.05) is 35.1 Å². The third kappa shape index (κ3) is 2.95. The third-order valence-corrected chi connectivity index (χ3v) is 4.63. The molecule has 0 spiro atoms. The van der Waals surface area contributed by atoms with Crippen LogP contribution in [0.25, 0.3) is 0 Å². The van der Waals surface area contributed by atoms with Crippen LogP contribution in [0.3, 0.4) is 0 Å². The fraction of sp³-hybridized carbons (Fsp3) is 0.533. The van der Waals surface area contributed by atoms with Crippen molar-refractivity contribution in [2.45, 2.75) is 31.2 Å². The van der Waals surface area contributed by atoms with Crippen LogP contribution >= 0.6 is 23.2 Å². The van der Waals surface area contributed by atoms with E-state index < -0.39 is 0 Å². The fourth-order valence-corrected chi connectivity index (χ4v) is 3.61. The van der Waals surface area contributed by atoms with E-state index in [9.17, 15) is 4.79 Å². The summed E-state index contributed by atoms with van der Waals surface area (Å²) in [6, 6.07) is 5.67. The number of nitrogens with zero attached hydrogens (tertiary/aromatic N) is 1. The summed E-state index contributed by atoms with van der Waals surface area (Å²) in [6.45, 7) is 1.53. The van der Waals surface area contributed by atoms with Gasteiger partial charge in [-0.05, 0) is 48.9 Å². The molecule has 0 bridgehead atoms. The van der Waals surface area contributed by atoms with Gasteiger partial charge in [0.05, 0.1) is 0 Å². The van der Waals surface area contributed by atoms with Crippen LogP contribution in [0, 0.1) is 5.92 Å². The Morgan fingerprint density at radius 3 is 2.60 bits per heavy atom. The maximum Gasteiger partial charge on any atom is 0.226 e. The van der Waals surface area contributed by atoms with Gasteiger partial charge in [-0.25, -0.2) is 0 Å². The summed E-state index contributed by atoms with van der Waals surface area (Å²) >= 11 is 12.0. The molecule has 1 aromatic rings. The monoisotopic (exact) mass is 312 g/mol. The molecular weight excluding hydrogens is 295 g/mol. The van der Waals surface area contributed by atoms with Crippen molar-refractivity contribution in [3.8, 4) is 0 Å². The van der Waals surface area contributed by atoms with Gasteiger partial charge in [0.2, 0.25) is 5.91 Å². The van der Waals surface area contributed by atoms with Gasteiger partial charge in [-0.15, -0.1) is 0 Å². The first-order valence-electron chi connectivity index (χ1n) is 7.05. The lowest BCUT2D eigenvalue weighted by atomic mass is 10.0. The molecule has 3 rings (SSSR count). The van der Waals surface area contributed by atoms with Crippen molar-refractivity contribution in [1.82, 2.24) is 4.90 Å². The second kappa shape index (κ2) is 5.55. The largest absolute Gasteiger partial charge is 0.341 e. The molecule has 0 unspecified atom stereocenters. The zero-order valence-corrected chi connectivity index (χ0v) is 12.7. The number of piperidine rings is 1. The number of rotatable bonds is 2. The molecule has 1 aromatic carbocycles. The zero-order chi connectivity index (χ0) is 14.3. The van der Waals surface area contributed by atoms with Crippen LogP contribution in [0.15, 0.2) is 18.2 Å². The van der Waals surface area contributed by atoms with Crippen molar-refractivity contribution in [1.29, 1.82) is 0 Å². The number of amides is 1. The van der Waals surface area contributed by atoms with Gasteiger partial charge in [0.25, 0.3) is 0 Å². The third-order valence-electron chi connectivity index (χ3n) is 4.19. The molecule has 1 saturated heterocycles. The number of likely N-dealkylation sites (tertiary alicyclic amines) is 1. The second-order valence-corrected chi connectivity index (χ2v) is 6.71. The van der Waals surface area contributed by atoms with Crippen molar-refractivity contribution < 1.29 is 4.79 Å². The standard InChI is InChI=1S/C15H18Cl2N2O/c16-10-4-9(5-11(17)6-10)13-7-14(13)15(20)19-3-1-2-12(18)8-19/h4-6,12-14H,1-3,7-8,18H2/t12-,13+,14+/m1/s1. The predicted octanol–water partition coefficient (Wildman–Crippen LogP) is 3.05. The van der Waals surface area contributed by atoms with E-state index in [1.165, 1.54) is 0 Å². The van der Waals surface area contributed by atoms with Crippen molar-refractivity contribution in [2.75, 3.05) is 13.1 Å². The summed E-state index contributed by atoms with van der Waals surface area (Å²) in [5.74, 6) is 0.577. The Hall–Kier alpha value is -0.770. The predicted molar refractivity (Wildman–Crippen MR) is 81.1 cm³/mol. The van der Waals surface area contributed by atoms with Gasteiger partial charge in [0.1, 0.15) is 0 Å². The van der Waals surface area contributed by atoms with Crippen molar-refractivity contribution >= 4 is 29.1 Å². The molecule has 2 fully saturated rings. The quantitative estimate of drug-likeness (QED) is 0.912. The van der Waals surface area contributed by atoms with Gasteiger partial charge in [-0.1, -0.05) is 23.2 Å². The summed E-state index contributed by atoms with van der Waals surface area (Å²) in [5.41, 5.74) is 7.01. The molecule has 108 valence electrons. The molecule has 0 aromatic heterocycles. The molecule has 0 radical (unpaired) electrons. The molecule has 2 N–H and O–H groups in total. The number of carbonyl (C=O) groups is 1. The molecule has 1 amide bonds. The van der Waals surface area contributed by atoms with Crippen LogP contribution in [-0.2, 0) is 4.79 Å². The van der Waals surface area contributed by atoms with Crippen LogP contribution in [0.4, 0.5) is 0 Å². The van der Waals surface area contributed by atoms with Gasteiger partial charge in [0.15, 0.2) is 0 Å². The van der Waals surface area contributed by atoms with Crippen LogP contribution in [-0.4, -0.2) is 29.9 Å². The fourth-order valence-electron chi connectivity index (χ4n) is 3.07. The van der Waals surface area contributed by atoms with E-state index in [4.69, 9.17) is 28.9 Å². The van der Waals surface area contributed by atoms with Crippen LogP contribution in [0.5, 0.6) is 0 Å². The van der Waals surface area contributed by atoms with Gasteiger partial charge < -0.3 is 10.6 Å². The van der Waals surface area contributed by atoms with E-state index in [-0.39, 0.29) is 23.8 Å². The lowest BCUT2D eigenvalue weighted by molar-refractivity contribution is -0.133. The van der Waals surface area contributed by atoms with Crippen molar-refractivity contribution in [3.63, 3.8) is 0 Å². The first-order chi connectivity index (χ1) is 9.54. The normalized spacial score (nSPS) is 29.4. The molecule has 20 heavy (non-hydrogen) atoms. The smallest absolute Gasteiger partial charge is 0.226 e. The van der Waals surface area contributed by atoms with E-state index in [1.807, 2.05) is 17.0 Å². The molecule has 5 heteroatoms. The number of hydrogen-bond acceptors (Lipinski definition) is 2. The van der Waals surface area contributed by atoms with E-state index in [1.54, 1.807) is 6.07 Å². The highest BCUT2D eigenvalue weighted by molar-refractivity contribution is 6.34. The highest BCUT2D eigenvalue weighted by atomic mass is 35.5. The van der Waals surface area contributed by atoms with Crippen LogP contribution in [0.1, 0.15) is 30.7 Å². The maximum absolute atomic E-state index is 12.5. The molecule has 3 atom stereocenters. The lowest BCUT2D eigenvalue weighted by Gasteiger charge is -2.31. The van der Waals surface area contributed by atoms with E-state index in [0.29, 0.717) is 16.6 Å². The van der Waals surface area contributed by atoms with Gasteiger partial charge >= 0.3 is 0 Å². The molecule has 1 aliphatic carbocycles. The number of benzene rings is 1. The topological polar surface area (TPSA) is 46.3 Å². The van der Waals surface area contributed by atoms with Gasteiger partial charge in [-0.2, -0.15) is 0 Å². The minimum absolute atomic E-state index is 0.0785. The SMILES string of the molecule is N[C@@H]1CCCN(C(=O)[C@H]2C[C@H]2c2cc(Cl)cc(Cl)c2)C1. The minimum Gasteiger partial charge on any atom is -0.341 e. The summed E-state index contributed by atoms with van der Waals surface area (Å²) in [4.78, 5) is 14.4. The minimum atomic E-state index is 0.0785. The van der Waals surface area contributed by atoms with Gasteiger partial charge in [-0.3, -0.25) is 4.79 Å². The maximum atomic E-state index is 12.5. The van der Waals surface area contributed by atoms with E-state index in [2.05, 4.69) is 0 Å². The van der Waals surface area contributed by atoms with E-state index >= 15 is 0 Å². The summed E-state index contributed by atoms with van der Waals surface area (Å²) in [5, 5.41) is 1.26. The Kier molecular flexibility index (Phi) is 3.93. The summed E-state index contributed by atoms with van der Waals surface area (Å²) < 4.78 is 0. The number of halogens is 2. The molecule has 1 heterocycles. The Balaban J connectivity index is 1.67. The van der Waals surface area contributed by atoms with Crippen LogP contribution in [0.2, 0.25) is 10.0 Å². The van der Waals surface area contributed by atoms with Crippen molar-refractivity contribution in [2.24, 2.45) is 11.7 Å². The Bertz CT molecular complexity index is 514. The summed E-state index contributed by atoms with van der Waals surface area (Å²) in [7, 11) is 0. The highest BCUT2D eigenvalue weighted by Gasteiger charge is 2.46. The summed E-state index contributed by atoms with van der Waals surface area (Å²) in [6.07, 6.45) is 2.91.